The molecular weight excluding hydrogens is 226 g/mol. The SMILES string of the molecule is C=C(C)COCCNCc1coc2ccccc12. The lowest BCUT2D eigenvalue weighted by Gasteiger charge is -2.05. The van der Waals surface area contributed by atoms with Crippen molar-refractivity contribution in [1.82, 2.24) is 5.32 Å². The third kappa shape index (κ3) is 3.45. The molecule has 2 rings (SSSR count). The Morgan fingerprint density at radius 2 is 2.22 bits per heavy atom. The molecule has 18 heavy (non-hydrogen) atoms. The smallest absolute Gasteiger partial charge is 0.134 e. The summed E-state index contributed by atoms with van der Waals surface area (Å²) < 4.78 is 10.9. The van der Waals surface area contributed by atoms with Gasteiger partial charge in [0.25, 0.3) is 0 Å². The lowest BCUT2D eigenvalue weighted by molar-refractivity contribution is 0.158. The third-order valence-electron chi connectivity index (χ3n) is 2.65. The first-order chi connectivity index (χ1) is 8.77. The fraction of sp³-hybridized carbons (Fsp3) is 0.333. The summed E-state index contributed by atoms with van der Waals surface area (Å²) in [4.78, 5) is 0. The number of ether oxygens (including phenoxy) is 1. The number of benzene rings is 1. The summed E-state index contributed by atoms with van der Waals surface area (Å²) in [6, 6.07) is 8.06. The maximum absolute atomic E-state index is 5.48. The molecule has 3 nitrogen and oxygen atoms in total. The number of furan rings is 1. The Morgan fingerprint density at radius 3 is 3.06 bits per heavy atom. The average molecular weight is 245 g/mol. The standard InChI is InChI=1S/C15H19NO2/c1-12(2)10-17-8-7-16-9-13-11-18-15-6-4-3-5-14(13)15/h3-6,11,16H,1,7-10H2,2H3. The van der Waals surface area contributed by atoms with Gasteiger partial charge in [0, 0.05) is 24.0 Å². The molecule has 0 radical (unpaired) electrons. The van der Waals surface area contributed by atoms with E-state index in [0.717, 1.165) is 24.2 Å². The van der Waals surface area contributed by atoms with E-state index in [4.69, 9.17) is 9.15 Å². The molecule has 0 amide bonds. The van der Waals surface area contributed by atoms with Crippen molar-refractivity contribution in [3.05, 3.63) is 48.2 Å². The second kappa shape index (κ2) is 6.38. The minimum atomic E-state index is 0.635. The first-order valence-corrected chi connectivity index (χ1v) is 6.15. The molecular formula is C15H19NO2. The summed E-state index contributed by atoms with van der Waals surface area (Å²) >= 11 is 0. The number of rotatable bonds is 7. The normalized spacial score (nSPS) is 10.9. The molecule has 1 heterocycles. The molecule has 0 aliphatic rings. The summed E-state index contributed by atoms with van der Waals surface area (Å²) in [5.41, 5.74) is 3.18. The van der Waals surface area contributed by atoms with Gasteiger partial charge in [-0.3, -0.25) is 0 Å². The summed E-state index contributed by atoms with van der Waals surface area (Å²) in [7, 11) is 0. The summed E-state index contributed by atoms with van der Waals surface area (Å²) in [5.74, 6) is 0. The van der Waals surface area contributed by atoms with Crippen LogP contribution in [-0.4, -0.2) is 19.8 Å². The van der Waals surface area contributed by atoms with Gasteiger partial charge in [-0.15, -0.1) is 0 Å². The van der Waals surface area contributed by atoms with Crippen molar-refractivity contribution in [2.75, 3.05) is 19.8 Å². The van der Waals surface area contributed by atoms with Crippen molar-refractivity contribution in [3.8, 4) is 0 Å². The van der Waals surface area contributed by atoms with E-state index in [9.17, 15) is 0 Å². The minimum Gasteiger partial charge on any atom is -0.464 e. The Kier molecular flexibility index (Phi) is 4.56. The van der Waals surface area contributed by atoms with Crippen LogP contribution in [0.2, 0.25) is 0 Å². The maximum atomic E-state index is 5.48. The molecule has 0 aliphatic carbocycles. The van der Waals surface area contributed by atoms with Crippen LogP contribution >= 0.6 is 0 Å². The van der Waals surface area contributed by atoms with Crippen molar-refractivity contribution >= 4 is 11.0 Å². The molecule has 3 heteroatoms. The molecule has 0 saturated carbocycles. The lowest BCUT2D eigenvalue weighted by atomic mass is 10.2. The molecule has 0 saturated heterocycles. The van der Waals surface area contributed by atoms with Gasteiger partial charge in [-0.25, -0.2) is 0 Å². The Bertz CT molecular complexity index is 516. The zero-order chi connectivity index (χ0) is 12.8. The van der Waals surface area contributed by atoms with E-state index < -0.39 is 0 Å². The molecule has 0 bridgehead atoms. The summed E-state index contributed by atoms with van der Waals surface area (Å²) in [6.45, 7) is 8.71. The minimum absolute atomic E-state index is 0.635. The summed E-state index contributed by atoms with van der Waals surface area (Å²) in [5, 5.41) is 4.51. The quantitative estimate of drug-likeness (QED) is 0.601. The molecule has 2 aromatic rings. The topological polar surface area (TPSA) is 34.4 Å². The zero-order valence-corrected chi connectivity index (χ0v) is 10.7. The predicted octanol–water partition coefficient (Wildman–Crippen LogP) is 3.12. The van der Waals surface area contributed by atoms with Gasteiger partial charge < -0.3 is 14.5 Å². The molecule has 1 aromatic carbocycles. The molecule has 96 valence electrons. The maximum Gasteiger partial charge on any atom is 0.134 e. The van der Waals surface area contributed by atoms with Crippen LogP contribution in [0, 0.1) is 0 Å². The van der Waals surface area contributed by atoms with Gasteiger partial charge in [0.2, 0.25) is 0 Å². The van der Waals surface area contributed by atoms with Crippen LogP contribution in [0.5, 0.6) is 0 Å². The average Bonchev–Trinajstić information content (AvgIpc) is 2.77. The van der Waals surface area contributed by atoms with Crippen molar-refractivity contribution in [1.29, 1.82) is 0 Å². The zero-order valence-electron chi connectivity index (χ0n) is 10.7. The van der Waals surface area contributed by atoms with Crippen molar-refractivity contribution in [3.63, 3.8) is 0 Å². The van der Waals surface area contributed by atoms with Gasteiger partial charge in [-0.05, 0) is 13.0 Å². The Hall–Kier alpha value is -1.58. The van der Waals surface area contributed by atoms with Gasteiger partial charge in [-0.2, -0.15) is 0 Å². The largest absolute Gasteiger partial charge is 0.464 e. The van der Waals surface area contributed by atoms with Gasteiger partial charge >= 0.3 is 0 Å². The van der Waals surface area contributed by atoms with Gasteiger partial charge in [-0.1, -0.05) is 30.4 Å². The van der Waals surface area contributed by atoms with E-state index >= 15 is 0 Å². The highest BCUT2D eigenvalue weighted by Crippen LogP contribution is 2.20. The second-order valence-corrected chi connectivity index (χ2v) is 4.44. The first-order valence-electron chi connectivity index (χ1n) is 6.15. The van der Waals surface area contributed by atoms with Crippen molar-refractivity contribution in [2.45, 2.75) is 13.5 Å². The molecule has 0 spiro atoms. The van der Waals surface area contributed by atoms with E-state index in [0.29, 0.717) is 13.2 Å². The Labute approximate surface area is 107 Å². The van der Waals surface area contributed by atoms with Crippen molar-refractivity contribution in [2.24, 2.45) is 0 Å². The highest BCUT2D eigenvalue weighted by molar-refractivity contribution is 5.80. The summed E-state index contributed by atoms with van der Waals surface area (Å²) in [6.07, 6.45) is 1.81. The number of para-hydroxylation sites is 1. The van der Waals surface area contributed by atoms with Crippen LogP contribution in [0.4, 0.5) is 0 Å². The van der Waals surface area contributed by atoms with E-state index in [-0.39, 0.29) is 0 Å². The van der Waals surface area contributed by atoms with E-state index in [1.807, 2.05) is 31.4 Å². The van der Waals surface area contributed by atoms with Crippen LogP contribution in [-0.2, 0) is 11.3 Å². The van der Waals surface area contributed by atoms with E-state index in [2.05, 4.69) is 18.0 Å². The molecule has 0 unspecified atom stereocenters. The number of nitrogens with one attached hydrogen (secondary N) is 1. The number of hydrogen-bond acceptors (Lipinski definition) is 3. The lowest BCUT2D eigenvalue weighted by Crippen LogP contribution is -2.19. The van der Waals surface area contributed by atoms with E-state index in [1.54, 1.807) is 0 Å². The molecule has 0 aliphatic heterocycles. The monoisotopic (exact) mass is 245 g/mol. The molecule has 1 N–H and O–H groups in total. The van der Waals surface area contributed by atoms with Crippen LogP contribution in [0.15, 0.2) is 47.1 Å². The highest BCUT2D eigenvalue weighted by Gasteiger charge is 2.03. The van der Waals surface area contributed by atoms with Crippen molar-refractivity contribution < 1.29 is 9.15 Å². The van der Waals surface area contributed by atoms with Crippen LogP contribution in [0.25, 0.3) is 11.0 Å². The second-order valence-electron chi connectivity index (χ2n) is 4.44. The van der Waals surface area contributed by atoms with Crippen LogP contribution in [0.1, 0.15) is 12.5 Å². The Balaban J connectivity index is 1.75. The van der Waals surface area contributed by atoms with E-state index in [1.165, 1.54) is 10.9 Å². The fourth-order valence-corrected chi connectivity index (χ4v) is 1.78. The van der Waals surface area contributed by atoms with Gasteiger partial charge in [0.05, 0.1) is 19.5 Å². The third-order valence-corrected chi connectivity index (χ3v) is 2.65. The molecule has 1 aromatic heterocycles. The fourth-order valence-electron chi connectivity index (χ4n) is 1.78. The predicted molar refractivity (Wildman–Crippen MR) is 73.6 cm³/mol. The Morgan fingerprint density at radius 1 is 1.39 bits per heavy atom. The number of fused-ring (bicyclic) bond motifs is 1. The first kappa shape index (κ1) is 12.9. The highest BCUT2D eigenvalue weighted by atomic mass is 16.5. The van der Waals surface area contributed by atoms with Gasteiger partial charge in [0.1, 0.15) is 5.58 Å². The molecule has 0 atom stereocenters. The van der Waals surface area contributed by atoms with Crippen LogP contribution < -0.4 is 5.32 Å². The number of hydrogen-bond donors (Lipinski definition) is 1. The molecule has 0 fully saturated rings. The van der Waals surface area contributed by atoms with Gasteiger partial charge in [0.15, 0.2) is 0 Å². The van der Waals surface area contributed by atoms with Crippen LogP contribution in [0.3, 0.4) is 0 Å².